The van der Waals surface area contributed by atoms with Crippen LogP contribution in [0.5, 0.6) is 0 Å². The first-order valence-corrected chi connectivity index (χ1v) is 15.4. The topological polar surface area (TPSA) is 96.5 Å². The molecule has 3 saturated heterocycles. The number of hydrogen-bond donors (Lipinski definition) is 1. The van der Waals surface area contributed by atoms with Gasteiger partial charge in [-0.1, -0.05) is 0 Å². The number of hydrogen-bond acceptors (Lipinski definition) is 8. The fraction of sp³-hybridized carbons (Fsp3) is 0.767. The molecule has 2 amide bonds. The number of pyridine rings is 1. The number of rotatable bonds is 7. The Bertz CT molecular complexity index is 1180. The lowest BCUT2D eigenvalue weighted by Crippen LogP contribution is -2.52. The van der Waals surface area contributed by atoms with E-state index in [1.54, 1.807) is 12.0 Å². The van der Waals surface area contributed by atoms with Gasteiger partial charge in [-0.3, -0.25) is 19.5 Å². The smallest absolute Gasteiger partial charge is 0.379 e. The Morgan fingerprint density at radius 3 is 2.74 bits per heavy atom. The minimum Gasteiger partial charge on any atom is -0.379 e. The van der Waals surface area contributed by atoms with Crippen LogP contribution in [0.1, 0.15) is 42.5 Å². The van der Waals surface area contributed by atoms with E-state index in [2.05, 4.69) is 15.2 Å². The Balaban J connectivity index is 1.19. The van der Waals surface area contributed by atoms with Crippen molar-refractivity contribution in [3.05, 3.63) is 29.1 Å². The molecule has 43 heavy (non-hydrogen) atoms. The van der Waals surface area contributed by atoms with Gasteiger partial charge in [0.15, 0.2) is 0 Å². The van der Waals surface area contributed by atoms with Gasteiger partial charge in [0.05, 0.1) is 36.9 Å². The first-order valence-electron chi connectivity index (χ1n) is 15.4. The number of nitrogens with one attached hydrogen (secondary N) is 1. The summed E-state index contributed by atoms with van der Waals surface area (Å²) < 4.78 is 57.0. The second-order valence-corrected chi connectivity index (χ2v) is 12.7. The molecule has 5 atom stereocenters. The first kappa shape index (κ1) is 30.7. The summed E-state index contributed by atoms with van der Waals surface area (Å²) in [6.45, 7) is 6.11. The van der Waals surface area contributed by atoms with Crippen LogP contribution in [-0.4, -0.2) is 122 Å². The van der Waals surface area contributed by atoms with Crippen LogP contribution in [0.4, 0.5) is 13.2 Å². The number of methoxy groups -OCH3 is 1. The Kier molecular flexibility index (Phi) is 8.98. The molecule has 5 aliphatic rings. The highest BCUT2D eigenvalue weighted by Gasteiger charge is 2.59. The monoisotopic (exact) mass is 609 g/mol. The third-order valence-corrected chi connectivity index (χ3v) is 10.1. The second kappa shape index (κ2) is 12.6. The van der Waals surface area contributed by atoms with Crippen LogP contribution < -0.4 is 5.32 Å². The predicted octanol–water partition coefficient (Wildman–Crippen LogP) is 1.71. The number of morpholine rings is 1. The zero-order valence-corrected chi connectivity index (χ0v) is 24.7. The number of amides is 2. The maximum absolute atomic E-state index is 14.5. The van der Waals surface area contributed by atoms with Gasteiger partial charge in [-0.25, -0.2) is 0 Å². The summed E-state index contributed by atoms with van der Waals surface area (Å²) in [5, 5.41) is 3.75. The lowest BCUT2D eigenvalue weighted by molar-refractivity contribution is -0.144. The summed E-state index contributed by atoms with van der Waals surface area (Å²) in [7, 11) is 1.68. The normalized spacial score (nSPS) is 31.6. The molecule has 0 bridgehead atoms. The molecule has 0 unspecified atom stereocenters. The molecule has 0 spiro atoms. The van der Waals surface area contributed by atoms with E-state index in [1.165, 1.54) is 0 Å². The zero-order valence-electron chi connectivity index (χ0n) is 24.7. The fourth-order valence-electron chi connectivity index (χ4n) is 7.76. The Morgan fingerprint density at radius 1 is 1.16 bits per heavy atom. The predicted molar refractivity (Wildman–Crippen MR) is 149 cm³/mol. The van der Waals surface area contributed by atoms with Crippen molar-refractivity contribution in [2.75, 3.05) is 72.8 Å². The number of fused-ring (bicyclic) bond motifs is 2. The maximum Gasteiger partial charge on any atom is 0.417 e. The largest absolute Gasteiger partial charge is 0.417 e. The van der Waals surface area contributed by atoms with Crippen LogP contribution in [0.2, 0.25) is 0 Å². The van der Waals surface area contributed by atoms with Crippen LogP contribution in [0, 0.1) is 11.3 Å². The number of carbonyl (C=O) groups excluding carboxylic acids is 2. The number of halogens is 3. The Morgan fingerprint density at radius 2 is 1.98 bits per heavy atom. The standard InChI is InChI=1S/C30H42F3N5O5/c1-41-26-18-43-9-4-25(26)35-23-13-22-17-38(27(39)3-5-36-7-10-42-11-8-36)19-29(22,14-23)28(40)37-6-2-24-20(16-37)12-21(15-34-24)30(31,32)33/h12,15,22-23,25-26,35H,2-11,13-14,16-19H2,1H3/t22-,23+,25-,26+,29-/m0/s1. The molecule has 13 heteroatoms. The molecule has 6 rings (SSSR count). The van der Waals surface area contributed by atoms with Gasteiger partial charge in [-0.05, 0) is 36.8 Å². The van der Waals surface area contributed by atoms with Crippen molar-refractivity contribution in [1.29, 1.82) is 0 Å². The summed E-state index contributed by atoms with van der Waals surface area (Å²) in [6.07, 6.45) is -0.781. The van der Waals surface area contributed by atoms with Crippen molar-refractivity contribution in [1.82, 2.24) is 25.0 Å². The van der Waals surface area contributed by atoms with Gasteiger partial charge < -0.3 is 29.3 Å². The minimum atomic E-state index is -4.50. The molecular weight excluding hydrogens is 567 g/mol. The van der Waals surface area contributed by atoms with Gasteiger partial charge in [0.1, 0.15) is 0 Å². The summed E-state index contributed by atoms with van der Waals surface area (Å²) in [6, 6.07) is 1.30. The molecule has 1 saturated carbocycles. The van der Waals surface area contributed by atoms with E-state index in [9.17, 15) is 22.8 Å². The van der Waals surface area contributed by atoms with E-state index >= 15 is 0 Å². The minimum absolute atomic E-state index is 0.0355. The number of ether oxygens (including phenoxy) is 3. The van der Waals surface area contributed by atoms with Crippen molar-refractivity contribution in [3.63, 3.8) is 0 Å². The van der Waals surface area contributed by atoms with Crippen LogP contribution in [0.15, 0.2) is 12.3 Å². The summed E-state index contributed by atoms with van der Waals surface area (Å²) in [5.41, 5.74) is -0.541. The average molecular weight is 610 g/mol. The van der Waals surface area contributed by atoms with E-state index in [1.807, 2.05) is 4.90 Å². The summed E-state index contributed by atoms with van der Waals surface area (Å²) >= 11 is 0. The molecule has 4 fully saturated rings. The van der Waals surface area contributed by atoms with E-state index in [0.29, 0.717) is 83.1 Å². The Labute approximate surface area is 250 Å². The van der Waals surface area contributed by atoms with Gasteiger partial charge in [0.2, 0.25) is 11.8 Å². The van der Waals surface area contributed by atoms with Gasteiger partial charge in [0, 0.05) is 96.3 Å². The molecule has 4 aliphatic heterocycles. The van der Waals surface area contributed by atoms with Crippen LogP contribution in [0.3, 0.4) is 0 Å². The highest BCUT2D eigenvalue weighted by molar-refractivity contribution is 5.86. The summed E-state index contributed by atoms with van der Waals surface area (Å²) in [5.74, 6) is -0.0558. The van der Waals surface area contributed by atoms with Crippen molar-refractivity contribution < 1.29 is 37.0 Å². The molecule has 1 aliphatic carbocycles. The molecule has 0 radical (unpaired) electrons. The van der Waals surface area contributed by atoms with E-state index in [4.69, 9.17) is 14.2 Å². The summed E-state index contributed by atoms with van der Waals surface area (Å²) in [4.78, 5) is 37.8. The second-order valence-electron chi connectivity index (χ2n) is 12.7. The number of carbonyl (C=O) groups is 2. The van der Waals surface area contributed by atoms with Crippen LogP contribution in [0.25, 0.3) is 0 Å². The highest BCUT2D eigenvalue weighted by Crippen LogP contribution is 2.51. The van der Waals surface area contributed by atoms with Crippen molar-refractivity contribution in [3.8, 4) is 0 Å². The number of nitrogens with zero attached hydrogens (tertiary/aromatic N) is 4. The van der Waals surface area contributed by atoms with E-state index in [0.717, 1.165) is 38.2 Å². The van der Waals surface area contributed by atoms with E-state index < -0.39 is 17.2 Å². The van der Waals surface area contributed by atoms with E-state index in [-0.39, 0.29) is 42.5 Å². The molecular formula is C30H42F3N5O5. The lowest BCUT2D eigenvalue weighted by atomic mass is 9.78. The molecule has 0 aromatic carbocycles. The van der Waals surface area contributed by atoms with Crippen LogP contribution >= 0.6 is 0 Å². The van der Waals surface area contributed by atoms with Crippen molar-refractivity contribution >= 4 is 11.8 Å². The number of alkyl halides is 3. The van der Waals surface area contributed by atoms with Crippen LogP contribution in [-0.2, 0) is 42.9 Å². The third kappa shape index (κ3) is 6.42. The van der Waals surface area contributed by atoms with Gasteiger partial charge >= 0.3 is 6.18 Å². The molecule has 238 valence electrons. The number of likely N-dealkylation sites (tertiary alicyclic amines) is 1. The van der Waals surface area contributed by atoms with Gasteiger partial charge in [-0.15, -0.1) is 0 Å². The third-order valence-electron chi connectivity index (χ3n) is 10.1. The average Bonchev–Trinajstić information content (AvgIpc) is 3.54. The number of aromatic nitrogens is 1. The molecule has 10 nitrogen and oxygen atoms in total. The lowest BCUT2D eigenvalue weighted by Gasteiger charge is -2.38. The first-order chi connectivity index (χ1) is 20.7. The van der Waals surface area contributed by atoms with Gasteiger partial charge in [-0.2, -0.15) is 13.2 Å². The highest BCUT2D eigenvalue weighted by atomic mass is 19.4. The fourth-order valence-corrected chi connectivity index (χ4v) is 7.76. The SMILES string of the molecule is CO[C@@H]1COCC[C@@H]1N[C@@H]1C[C@H]2CN(C(=O)CCN3CCOCC3)C[C@@]2(C(=O)N2CCc3ncc(C(F)(F)F)cc3C2)C1. The maximum atomic E-state index is 14.5. The van der Waals surface area contributed by atoms with Gasteiger partial charge in [0.25, 0.3) is 0 Å². The molecule has 1 aromatic rings. The molecule has 5 heterocycles. The zero-order chi connectivity index (χ0) is 30.2. The quantitative estimate of drug-likeness (QED) is 0.500. The van der Waals surface area contributed by atoms with Crippen molar-refractivity contribution in [2.45, 2.75) is 63.0 Å². The van der Waals surface area contributed by atoms with Crippen molar-refractivity contribution in [2.24, 2.45) is 11.3 Å². The molecule has 1 N–H and O–H groups in total. The molecule has 1 aromatic heterocycles. The Hall–Kier alpha value is -2.32.